The summed E-state index contributed by atoms with van der Waals surface area (Å²) in [5.41, 5.74) is 6.62. The molecule has 2 N–H and O–H groups in total. The van der Waals surface area contributed by atoms with Gasteiger partial charge in [-0.3, -0.25) is 0 Å². The Kier molecular flexibility index (Phi) is 3.78. The van der Waals surface area contributed by atoms with E-state index in [1.807, 2.05) is 6.26 Å². The van der Waals surface area contributed by atoms with Gasteiger partial charge in [0.25, 0.3) is 0 Å². The third-order valence-corrected chi connectivity index (χ3v) is 3.19. The minimum atomic E-state index is 0.647. The minimum absolute atomic E-state index is 0.647. The van der Waals surface area contributed by atoms with Crippen molar-refractivity contribution in [2.45, 2.75) is 50.9 Å². The minimum Gasteiger partial charge on any atom is -0.449 e. The van der Waals surface area contributed by atoms with Crippen molar-refractivity contribution in [2.24, 2.45) is 5.73 Å². The smallest absolute Gasteiger partial charge is 0.194 e. The third-order valence-electron chi connectivity index (χ3n) is 3.19. The van der Waals surface area contributed by atoms with Gasteiger partial charge < -0.3 is 10.2 Å². The summed E-state index contributed by atoms with van der Waals surface area (Å²) in [7, 11) is 0. The molecule has 0 bridgehead atoms. The van der Waals surface area contributed by atoms with Gasteiger partial charge in [0.1, 0.15) is 6.26 Å². The number of hydrogen-bond acceptors (Lipinski definition) is 3. The maximum atomic E-state index is 5.46. The summed E-state index contributed by atoms with van der Waals surface area (Å²) in [5, 5.41) is 0. The zero-order valence-corrected chi connectivity index (χ0v) is 9.24. The summed E-state index contributed by atoms with van der Waals surface area (Å²) < 4.78 is 5.45. The highest BCUT2D eigenvalue weighted by Gasteiger charge is 2.18. The Bertz CT molecular complexity index is 290. The highest BCUT2D eigenvalue weighted by molar-refractivity contribution is 5.05. The number of rotatable bonds is 4. The van der Waals surface area contributed by atoms with Gasteiger partial charge in [-0.25, -0.2) is 4.98 Å². The summed E-state index contributed by atoms with van der Waals surface area (Å²) >= 11 is 0. The van der Waals surface area contributed by atoms with Crippen LogP contribution in [0.4, 0.5) is 0 Å². The van der Waals surface area contributed by atoms with E-state index in [9.17, 15) is 0 Å². The molecule has 1 aromatic heterocycles. The van der Waals surface area contributed by atoms with Crippen LogP contribution in [0.25, 0.3) is 0 Å². The van der Waals surface area contributed by atoms with Gasteiger partial charge in [-0.2, -0.15) is 0 Å². The van der Waals surface area contributed by atoms with Crippen LogP contribution in [0.15, 0.2) is 10.7 Å². The molecule has 0 radical (unpaired) electrons. The molecule has 0 atom stereocenters. The largest absolute Gasteiger partial charge is 0.449 e. The fourth-order valence-electron chi connectivity index (χ4n) is 2.28. The molecule has 2 rings (SSSR count). The second kappa shape index (κ2) is 5.31. The number of aryl methyl sites for hydroxylation is 1. The first-order valence-corrected chi connectivity index (χ1v) is 6.04. The third kappa shape index (κ3) is 2.81. The molecule has 84 valence electrons. The molecule has 1 aliphatic carbocycles. The standard InChI is InChI=1S/C12H20N2O/c13-8-4-7-12-14-11(9-15-12)10-5-2-1-3-6-10/h9-10H,1-8,13H2. The van der Waals surface area contributed by atoms with Crippen molar-refractivity contribution in [1.29, 1.82) is 0 Å². The van der Waals surface area contributed by atoms with E-state index >= 15 is 0 Å². The highest BCUT2D eigenvalue weighted by atomic mass is 16.3. The molecule has 1 aromatic rings. The SMILES string of the molecule is NCCCc1nc(C2CCCCC2)co1. The van der Waals surface area contributed by atoms with Crippen LogP contribution >= 0.6 is 0 Å². The summed E-state index contributed by atoms with van der Waals surface area (Å²) in [6.45, 7) is 0.709. The second-order valence-corrected chi connectivity index (χ2v) is 4.39. The first-order valence-electron chi connectivity index (χ1n) is 6.04. The van der Waals surface area contributed by atoms with E-state index in [0.717, 1.165) is 18.7 Å². The molecule has 0 spiro atoms. The van der Waals surface area contributed by atoms with Crippen LogP contribution in [0, 0.1) is 0 Å². The zero-order valence-electron chi connectivity index (χ0n) is 9.24. The lowest BCUT2D eigenvalue weighted by Crippen LogP contribution is -2.05. The molecule has 3 nitrogen and oxygen atoms in total. The van der Waals surface area contributed by atoms with Gasteiger partial charge in [-0.05, 0) is 25.8 Å². The Labute approximate surface area is 91.1 Å². The average Bonchev–Trinajstić information content (AvgIpc) is 2.76. The van der Waals surface area contributed by atoms with Crippen molar-refractivity contribution < 1.29 is 4.42 Å². The van der Waals surface area contributed by atoms with Crippen LogP contribution in [0.1, 0.15) is 56.0 Å². The van der Waals surface area contributed by atoms with E-state index in [4.69, 9.17) is 10.2 Å². The maximum Gasteiger partial charge on any atom is 0.194 e. The Morgan fingerprint density at radius 2 is 2.13 bits per heavy atom. The number of nitrogens with zero attached hydrogens (tertiary/aromatic N) is 1. The molecular weight excluding hydrogens is 188 g/mol. The van der Waals surface area contributed by atoms with E-state index in [1.54, 1.807) is 0 Å². The van der Waals surface area contributed by atoms with Crippen LogP contribution < -0.4 is 5.73 Å². The number of oxazole rings is 1. The molecular formula is C12H20N2O. The van der Waals surface area contributed by atoms with Crippen LogP contribution in [0.2, 0.25) is 0 Å². The highest BCUT2D eigenvalue weighted by Crippen LogP contribution is 2.31. The first kappa shape index (κ1) is 10.7. The zero-order chi connectivity index (χ0) is 10.5. The molecule has 1 fully saturated rings. The summed E-state index contributed by atoms with van der Waals surface area (Å²) in [5.74, 6) is 1.51. The summed E-state index contributed by atoms with van der Waals surface area (Å²) in [6, 6.07) is 0. The van der Waals surface area contributed by atoms with Gasteiger partial charge in [0, 0.05) is 12.3 Å². The number of hydrogen-bond donors (Lipinski definition) is 1. The Balaban J connectivity index is 1.93. The van der Waals surface area contributed by atoms with Crippen LogP contribution in [-0.4, -0.2) is 11.5 Å². The molecule has 0 unspecified atom stereocenters. The van der Waals surface area contributed by atoms with E-state index in [0.29, 0.717) is 12.5 Å². The molecule has 1 saturated carbocycles. The van der Waals surface area contributed by atoms with E-state index in [1.165, 1.54) is 37.8 Å². The lowest BCUT2D eigenvalue weighted by atomic mass is 9.87. The van der Waals surface area contributed by atoms with Gasteiger partial charge in [-0.15, -0.1) is 0 Å². The van der Waals surface area contributed by atoms with Crippen molar-refractivity contribution in [1.82, 2.24) is 4.98 Å². The molecule has 15 heavy (non-hydrogen) atoms. The number of nitrogens with two attached hydrogens (primary N) is 1. The predicted octanol–water partition coefficient (Wildman–Crippen LogP) is 2.61. The van der Waals surface area contributed by atoms with Crippen molar-refractivity contribution >= 4 is 0 Å². The van der Waals surface area contributed by atoms with Crippen molar-refractivity contribution in [2.75, 3.05) is 6.54 Å². The molecule has 0 aliphatic heterocycles. The first-order chi connectivity index (χ1) is 7.40. The molecule has 0 saturated heterocycles. The number of aromatic nitrogens is 1. The second-order valence-electron chi connectivity index (χ2n) is 4.39. The van der Waals surface area contributed by atoms with Crippen LogP contribution in [0.5, 0.6) is 0 Å². The van der Waals surface area contributed by atoms with Gasteiger partial charge in [0.05, 0.1) is 5.69 Å². The van der Waals surface area contributed by atoms with E-state index in [2.05, 4.69) is 4.98 Å². The molecule has 1 heterocycles. The molecule has 0 aromatic carbocycles. The fraction of sp³-hybridized carbons (Fsp3) is 0.750. The quantitative estimate of drug-likeness (QED) is 0.827. The predicted molar refractivity (Wildman–Crippen MR) is 59.7 cm³/mol. The Hall–Kier alpha value is -0.830. The molecule has 3 heteroatoms. The maximum absolute atomic E-state index is 5.46. The van der Waals surface area contributed by atoms with Gasteiger partial charge in [0.2, 0.25) is 0 Å². The molecule has 1 aliphatic rings. The Morgan fingerprint density at radius 3 is 2.87 bits per heavy atom. The topological polar surface area (TPSA) is 52.0 Å². The normalized spacial score (nSPS) is 18.2. The van der Waals surface area contributed by atoms with E-state index < -0.39 is 0 Å². The van der Waals surface area contributed by atoms with Crippen LogP contribution in [0.3, 0.4) is 0 Å². The summed E-state index contributed by atoms with van der Waals surface area (Å²) in [4.78, 5) is 4.55. The lowest BCUT2D eigenvalue weighted by Gasteiger charge is -2.18. The van der Waals surface area contributed by atoms with Gasteiger partial charge in [0.15, 0.2) is 5.89 Å². The van der Waals surface area contributed by atoms with E-state index in [-0.39, 0.29) is 0 Å². The van der Waals surface area contributed by atoms with Crippen molar-refractivity contribution in [3.05, 3.63) is 17.8 Å². The summed E-state index contributed by atoms with van der Waals surface area (Å²) in [6.07, 6.45) is 10.3. The fourth-order valence-corrected chi connectivity index (χ4v) is 2.28. The average molecular weight is 208 g/mol. The van der Waals surface area contributed by atoms with Crippen molar-refractivity contribution in [3.8, 4) is 0 Å². The molecule has 0 amide bonds. The van der Waals surface area contributed by atoms with Gasteiger partial charge in [-0.1, -0.05) is 19.3 Å². The lowest BCUT2D eigenvalue weighted by molar-refractivity contribution is 0.435. The Morgan fingerprint density at radius 1 is 1.33 bits per heavy atom. The van der Waals surface area contributed by atoms with Gasteiger partial charge >= 0.3 is 0 Å². The monoisotopic (exact) mass is 208 g/mol. The van der Waals surface area contributed by atoms with Crippen LogP contribution in [-0.2, 0) is 6.42 Å². The van der Waals surface area contributed by atoms with Crippen molar-refractivity contribution in [3.63, 3.8) is 0 Å².